The predicted molar refractivity (Wildman–Crippen MR) is 76.7 cm³/mol. The number of benzene rings is 1. The molecule has 2 aromatic rings. The Hall–Kier alpha value is -2.34. The zero-order chi connectivity index (χ0) is 13.7. The Balaban J connectivity index is 2.28. The van der Waals surface area contributed by atoms with E-state index in [9.17, 15) is 0 Å². The van der Waals surface area contributed by atoms with Gasteiger partial charge in [0.2, 0.25) is 0 Å². The second kappa shape index (κ2) is 6.01. The van der Waals surface area contributed by atoms with Crippen molar-refractivity contribution in [1.82, 2.24) is 4.98 Å². The van der Waals surface area contributed by atoms with Crippen LogP contribution in [0.5, 0.6) is 0 Å². The van der Waals surface area contributed by atoms with Crippen molar-refractivity contribution in [2.75, 3.05) is 4.90 Å². The van der Waals surface area contributed by atoms with E-state index in [2.05, 4.69) is 41.9 Å². The van der Waals surface area contributed by atoms with E-state index in [0.29, 0.717) is 11.6 Å². The molecule has 0 bridgehead atoms. The molecular formula is C16H17N3. The van der Waals surface area contributed by atoms with Gasteiger partial charge >= 0.3 is 0 Å². The van der Waals surface area contributed by atoms with Crippen LogP contribution in [-0.4, -0.2) is 11.0 Å². The molecule has 0 unspecified atom stereocenters. The first-order chi connectivity index (χ1) is 9.20. The number of nitrogens with zero attached hydrogens (tertiary/aromatic N) is 3. The summed E-state index contributed by atoms with van der Waals surface area (Å²) in [6.07, 6.45) is 1.69. The van der Waals surface area contributed by atoms with Gasteiger partial charge in [0.25, 0.3) is 0 Å². The van der Waals surface area contributed by atoms with Crippen LogP contribution in [0.3, 0.4) is 0 Å². The lowest BCUT2D eigenvalue weighted by Gasteiger charge is -2.28. The lowest BCUT2D eigenvalue weighted by atomic mass is 10.2. The quantitative estimate of drug-likeness (QED) is 0.836. The fraction of sp³-hybridized carbons (Fsp3) is 0.250. The number of pyridine rings is 1. The molecule has 0 atom stereocenters. The third-order valence-corrected chi connectivity index (χ3v) is 2.99. The molecule has 3 heteroatoms. The monoisotopic (exact) mass is 251 g/mol. The minimum Gasteiger partial charge on any atom is -0.350 e. The SMILES string of the molecule is CC(C)N(Cc1ccccc1)c1cc(C#N)ccn1. The Kier molecular flexibility index (Phi) is 4.15. The van der Waals surface area contributed by atoms with E-state index < -0.39 is 0 Å². The molecule has 0 aliphatic carbocycles. The van der Waals surface area contributed by atoms with E-state index in [4.69, 9.17) is 5.26 Å². The first-order valence-electron chi connectivity index (χ1n) is 6.37. The summed E-state index contributed by atoms with van der Waals surface area (Å²) in [5.74, 6) is 0.845. The third kappa shape index (κ3) is 3.32. The first-order valence-corrected chi connectivity index (χ1v) is 6.37. The average Bonchev–Trinajstić information content (AvgIpc) is 2.45. The van der Waals surface area contributed by atoms with Gasteiger partial charge in [-0.05, 0) is 31.5 Å². The molecule has 0 saturated carbocycles. The van der Waals surface area contributed by atoms with Crippen LogP contribution in [-0.2, 0) is 6.54 Å². The van der Waals surface area contributed by atoms with Crippen molar-refractivity contribution in [3.8, 4) is 6.07 Å². The largest absolute Gasteiger partial charge is 0.350 e. The van der Waals surface area contributed by atoms with Gasteiger partial charge in [-0.25, -0.2) is 4.98 Å². The van der Waals surface area contributed by atoms with E-state index in [1.54, 1.807) is 12.3 Å². The van der Waals surface area contributed by atoms with Crippen molar-refractivity contribution in [3.05, 3.63) is 59.8 Å². The van der Waals surface area contributed by atoms with Gasteiger partial charge in [-0.15, -0.1) is 0 Å². The summed E-state index contributed by atoms with van der Waals surface area (Å²) < 4.78 is 0. The fourth-order valence-corrected chi connectivity index (χ4v) is 1.95. The molecule has 0 spiro atoms. The van der Waals surface area contributed by atoms with Crippen LogP contribution in [0, 0.1) is 11.3 Å². The normalized spacial score (nSPS) is 10.2. The summed E-state index contributed by atoms with van der Waals surface area (Å²) in [5.41, 5.74) is 1.88. The molecule has 1 aromatic heterocycles. The molecule has 1 aromatic carbocycles. The van der Waals surface area contributed by atoms with Crippen LogP contribution in [0.2, 0.25) is 0 Å². The van der Waals surface area contributed by atoms with Crippen LogP contribution in [0.25, 0.3) is 0 Å². The predicted octanol–water partition coefficient (Wildman–Crippen LogP) is 3.37. The Morgan fingerprint density at radius 1 is 1.21 bits per heavy atom. The van der Waals surface area contributed by atoms with Gasteiger partial charge in [0, 0.05) is 18.8 Å². The number of hydrogen-bond acceptors (Lipinski definition) is 3. The molecule has 3 nitrogen and oxygen atoms in total. The highest BCUT2D eigenvalue weighted by Gasteiger charge is 2.12. The van der Waals surface area contributed by atoms with Gasteiger partial charge in [-0.2, -0.15) is 5.26 Å². The number of nitriles is 1. The van der Waals surface area contributed by atoms with E-state index in [0.717, 1.165) is 12.4 Å². The van der Waals surface area contributed by atoms with Crippen LogP contribution in [0.15, 0.2) is 48.7 Å². The van der Waals surface area contributed by atoms with Crippen molar-refractivity contribution in [3.63, 3.8) is 0 Å². The Labute approximate surface area is 114 Å². The Bertz CT molecular complexity index is 570. The van der Waals surface area contributed by atoms with Crippen molar-refractivity contribution >= 4 is 5.82 Å². The summed E-state index contributed by atoms with van der Waals surface area (Å²) >= 11 is 0. The molecule has 0 fully saturated rings. The third-order valence-electron chi connectivity index (χ3n) is 2.99. The maximum Gasteiger partial charge on any atom is 0.130 e. The molecule has 2 rings (SSSR count). The van der Waals surface area contributed by atoms with Crippen LogP contribution in [0.1, 0.15) is 25.0 Å². The molecule has 19 heavy (non-hydrogen) atoms. The van der Waals surface area contributed by atoms with Gasteiger partial charge in [0.15, 0.2) is 0 Å². The molecular weight excluding hydrogens is 234 g/mol. The smallest absolute Gasteiger partial charge is 0.130 e. The highest BCUT2D eigenvalue weighted by atomic mass is 15.2. The Morgan fingerprint density at radius 2 is 1.95 bits per heavy atom. The fourth-order valence-electron chi connectivity index (χ4n) is 1.95. The van der Waals surface area contributed by atoms with Crippen LogP contribution in [0.4, 0.5) is 5.82 Å². The molecule has 96 valence electrons. The maximum atomic E-state index is 8.98. The summed E-state index contributed by atoms with van der Waals surface area (Å²) in [5, 5.41) is 8.98. The molecule has 1 heterocycles. The van der Waals surface area contributed by atoms with Gasteiger partial charge in [-0.1, -0.05) is 30.3 Å². The lowest BCUT2D eigenvalue weighted by Crippen LogP contribution is -2.30. The summed E-state index contributed by atoms with van der Waals surface area (Å²) in [7, 11) is 0. The topological polar surface area (TPSA) is 39.9 Å². The number of anilines is 1. The van der Waals surface area contributed by atoms with E-state index in [1.807, 2.05) is 24.3 Å². The summed E-state index contributed by atoms with van der Waals surface area (Å²) in [6, 6.07) is 16.3. The minimum atomic E-state index is 0.321. The van der Waals surface area contributed by atoms with Crippen molar-refractivity contribution in [1.29, 1.82) is 5.26 Å². The van der Waals surface area contributed by atoms with Crippen molar-refractivity contribution < 1.29 is 0 Å². The van der Waals surface area contributed by atoms with E-state index in [1.165, 1.54) is 5.56 Å². The number of aromatic nitrogens is 1. The number of hydrogen-bond donors (Lipinski definition) is 0. The summed E-state index contributed by atoms with van der Waals surface area (Å²) in [6.45, 7) is 5.05. The van der Waals surface area contributed by atoms with Crippen molar-refractivity contribution in [2.24, 2.45) is 0 Å². The second-order valence-corrected chi connectivity index (χ2v) is 4.72. The Morgan fingerprint density at radius 3 is 2.58 bits per heavy atom. The molecule has 0 N–H and O–H groups in total. The molecule has 0 aliphatic rings. The number of rotatable bonds is 4. The average molecular weight is 251 g/mol. The summed E-state index contributed by atoms with van der Waals surface area (Å²) in [4.78, 5) is 6.57. The van der Waals surface area contributed by atoms with Gasteiger partial charge in [0.1, 0.15) is 5.82 Å². The highest BCUT2D eigenvalue weighted by molar-refractivity contribution is 5.46. The first kappa shape index (κ1) is 13.1. The van der Waals surface area contributed by atoms with Gasteiger partial charge in [-0.3, -0.25) is 0 Å². The zero-order valence-corrected chi connectivity index (χ0v) is 11.2. The standard InChI is InChI=1S/C16H17N3/c1-13(2)19(12-14-6-4-3-5-7-14)16-10-15(11-17)8-9-18-16/h3-10,13H,12H2,1-2H3. The van der Waals surface area contributed by atoms with Crippen molar-refractivity contribution in [2.45, 2.75) is 26.4 Å². The molecule has 0 amide bonds. The zero-order valence-electron chi connectivity index (χ0n) is 11.2. The highest BCUT2D eigenvalue weighted by Crippen LogP contribution is 2.18. The van der Waals surface area contributed by atoms with Crippen LogP contribution >= 0.6 is 0 Å². The second-order valence-electron chi connectivity index (χ2n) is 4.72. The van der Waals surface area contributed by atoms with E-state index >= 15 is 0 Å². The van der Waals surface area contributed by atoms with E-state index in [-0.39, 0.29) is 0 Å². The molecule has 0 saturated heterocycles. The van der Waals surface area contributed by atoms with Gasteiger partial charge < -0.3 is 4.90 Å². The lowest BCUT2D eigenvalue weighted by molar-refractivity contribution is 0.672. The minimum absolute atomic E-state index is 0.321. The molecule has 0 radical (unpaired) electrons. The molecule has 0 aliphatic heterocycles. The van der Waals surface area contributed by atoms with Crippen LogP contribution < -0.4 is 4.90 Å². The maximum absolute atomic E-state index is 8.98. The van der Waals surface area contributed by atoms with Gasteiger partial charge in [0.05, 0.1) is 11.6 Å².